The highest BCUT2D eigenvalue weighted by atomic mass is 31.2. The molecule has 0 fully saturated rings. The molecule has 0 radical (unpaired) electrons. The number of alkyl carbamates (subject to hydrolysis) is 1. The van der Waals surface area contributed by atoms with Gasteiger partial charge in [-0.25, -0.2) is 9.36 Å². The first-order valence-electron chi connectivity index (χ1n) is 9.69. The van der Waals surface area contributed by atoms with Crippen LogP contribution in [0.3, 0.4) is 0 Å². The highest BCUT2D eigenvalue weighted by Gasteiger charge is 2.30. The third-order valence-electron chi connectivity index (χ3n) is 4.24. The Morgan fingerprint density at radius 2 is 1.48 bits per heavy atom. The van der Waals surface area contributed by atoms with Crippen LogP contribution in [0.25, 0.3) is 0 Å². The van der Waals surface area contributed by atoms with Crippen molar-refractivity contribution in [2.45, 2.75) is 39.1 Å². The van der Waals surface area contributed by atoms with E-state index in [1.54, 1.807) is 50.2 Å². The van der Waals surface area contributed by atoms with Gasteiger partial charge in [-0.3, -0.25) is 9.32 Å². The first-order valence-corrected chi connectivity index (χ1v) is 11.2. The minimum Gasteiger partial charge on any atom is -0.445 e. The zero-order valence-electron chi connectivity index (χ0n) is 17.3. The van der Waals surface area contributed by atoms with Crippen LogP contribution in [-0.4, -0.2) is 34.1 Å². The van der Waals surface area contributed by atoms with Crippen molar-refractivity contribution in [3.63, 3.8) is 0 Å². The van der Waals surface area contributed by atoms with Crippen LogP contribution >= 0.6 is 7.82 Å². The van der Waals surface area contributed by atoms with Gasteiger partial charge in [-0.1, -0.05) is 74.5 Å². The Hall–Kier alpha value is -2.71. The molecule has 0 spiro atoms. The van der Waals surface area contributed by atoms with Crippen LogP contribution in [0.4, 0.5) is 4.79 Å². The molecule has 0 aliphatic heterocycles. The molecule has 2 rings (SSSR count). The van der Waals surface area contributed by atoms with Gasteiger partial charge in [0, 0.05) is 6.42 Å². The van der Waals surface area contributed by atoms with Gasteiger partial charge in [-0.2, -0.15) is 0 Å². The minimum atomic E-state index is -4.83. The second-order valence-corrected chi connectivity index (χ2v) is 8.41. The van der Waals surface area contributed by atoms with Crippen molar-refractivity contribution in [2.24, 2.45) is 5.92 Å². The lowest BCUT2D eigenvalue weighted by Crippen LogP contribution is -2.52. The van der Waals surface area contributed by atoms with E-state index in [0.29, 0.717) is 0 Å². The van der Waals surface area contributed by atoms with Gasteiger partial charge in [-0.05, 0) is 17.0 Å². The van der Waals surface area contributed by atoms with Gasteiger partial charge < -0.3 is 25.2 Å². The molecule has 2 atom stereocenters. The van der Waals surface area contributed by atoms with Crippen LogP contribution in [0.2, 0.25) is 0 Å². The second kappa shape index (κ2) is 11.6. The number of rotatable bonds is 10. The van der Waals surface area contributed by atoms with Crippen LogP contribution in [0.5, 0.6) is 0 Å². The Labute approximate surface area is 181 Å². The average Bonchev–Trinajstić information content (AvgIpc) is 2.71. The lowest BCUT2D eigenvalue weighted by Gasteiger charge is -2.26. The number of hydrogen-bond acceptors (Lipinski definition) is 5. The third kappa shape index (κ3) is 9.31. The number of hydrogen-bond donors (Lipinski definition) is 4. The van der Waals surface area contributed by atoms with E-state index in [1.165, 1.54) is 0 Å². The Kier molecular flexibility index (Phi) is 9.21. The van der Waals surface area contributed by atoms with Gasteiger partial charge in [0.25, 0.3) is 0 Å². The van der Waals surface area contributed by atoms with Crippen LogP contribution in [-0.2, 0) is 31.6 Å². The number of carbonyl (C=O) groups is 2. The van der Waals surface area contributed by atoms with Crippen molar-refractivity contribution in [1.29, 1.82) is 0 Å². The molecule has 10 heteroatoms. The first kappa shape index (κ1) is 24.6. The highest BCUT2D eigenvalue weighted by molar-refractivity contribution is 7.46. The monoisotopic (exact) mass is 450 g/mol. The number of amides is 2. The molecule has 168 valence electrons. The fourth-order valence-corrected chi connectivity index (χ4v) is 3.26. The molecule has 0 saturated carbocycles. The molecule has 9 nitrogen and oxygen atoms in total. The Morgan fingerprint density at radius 1 is 0.935 bits per heavy atom. The number of phosphoric acid groups is 1. The van der Waals surface area contributed by atoms with E-state index in [1.807, 2.05) is 24.3 Å². The lowest BCUT2D eigenvalue weighted by atomic mass is 10.0. The SMILES string of the molecule is CC(C)C(NC(=O)C(Cc1ccccc1)NC(=O)OCc1ccccc1)OP(=O)(O)O. The van der Waals surface area contributed by atoms with Crippen molar-refractivity contribution >= 4 is 19.8 Å². The molecule has 0 aromatic heterocycles. The van der Waals surface area contributed by atoms with Gasteiger partial charge in [0.1, 0.15) is 18.9 Å². The predicted octanol–water partition coefficient (Wildman–Crippen LogP) is 2.73. The van der Waals surface area contributed by atoms with Crippen molar-refractivity contribution in [2.75, 3.05) is 0 Å². The summed E-state index contributed by atoms with van der Waals surface area (Å²) in [5.41, 5.74) is 1.57. The predicted molar refractivity (Wildman–Crippen MR) is 114 cm³/mol. The minimum absolute atomic E-state index is 0.0300. The maximum Gasteiger partial charge on any atom is 0.471 e. The summed E-state index contributed by atoms with van der Waals surface area (Å²) in [5, 5.41) is 4.97. The van der Waals surface area contributed by atoms with Crippen LogP contribution in [0, 0.1) is 5.92 Å². The zero-order valence-corrected chi connectivity index (χ0v) is 18.2. The topological polar surface area (TPSA) is 134 Å². The van der Waals surface area contributed by atoms with Crippen molar-refractivity contribution in [1.82, 2.24) is 10.6 Å². The molecule has 2 unspecified atom stereocenters. The molecule has 0 aliphatic rings. The number of nitrogens with one attached hydrogen (secondary N) is 2. The van der Waals surface area contributed by atoms with Crippen molar-refractivity contribution < 1.29 is 33.2 Å². The lowest BCUT2D eigenvalue weighted by molar-refractivity contribution is -0.126. The summed E-state index contributed by atoms with van der Waals surface area (Å²) >= 11 is 0. The maximum absolute atomic E-state index is 12.8. The summed E-state index contributed by atoms with van der Waals surface area (Å²) in [6.45, 7) is 3.30. The molecule has 0 saturated heterocycles. The molecule has 4 N–H and O–H groups in total. The summed E-state index contributed by atoms with van der Waals surface area (Å²) in [5.74, 6) is -1.09. The molecule has 0 bridgehead atoms. The molecule has 2 aromatic rings. The molecule has 31 heavy (non-hydrogen) atoms. The number of phosphoric ester groups is 1. The fraction of sp³-hybridized carbons (Fsp3) is 0.333. The highest BCUT2D eigenvalue weighted by Crippen LogP contribution is 2.38. The van der Waals surface area contributed by atoms with E-state index in [9.17, 15) is 14.2 Å². The summed E-state index contributed by atoms with van der Waals surface area (Å²) in [4.78, 5) is 43.3. The Morgan fingerprint density at radius 3 is 2.00 bits per heavy atom. The third-order valence-corrected chi connectivity index (χ3v) is 4.75. The van der Waals surface area contributed by atoms with E-state index >= 15 is 0 Å². The van der Waals surface area contributed by atoms with Crippen LogP contribution in [0.1, 0.15) is 25.0 Å². The molecule has 2 aromatic carbocycles. The average molecular weight is 450 g/mol. The van der Waals surface area contributed by atoms with Crippen LogP contribution in [0.15, 0.2) is 60.7 Å². The molecule has 0 aliphatic carbocycles. The summed E-state index contributed by atoms with van der Waals surface area (Å²) in [6.07, 6.45) is -1.89. The fourth-order valence-electron chi connectivity index (χ4n) is 2.67. The molecular formula is C21H27N2O7P. The van der Waals surface area contributed by atoms with Gasteiger partial charge in [0.15, 0.2) is 0 Å². The number of ether oxygens (including phenoxy) is 1. The van der Waals surface area contributed by atoms with Crippen molar-refractivity contribution in [3.05, 3.63) is 71.8 Å². The smallest absolute Gasteiger partial charge is 0.445 e. The Balaban J connectivity index is 2.08. The summed E-state index contributed by atoms with van der Waals surface area (Å²) < 4.78 is 21.1. The van der Waals surface area contributed by atoms with Gasteiger partial charge in [0.2, 0.25) is 5.91 Å². The van der Waals surface area contributed by atoms with Gasteiger partial charge in [-0.15, -0.1) is 0 Å². The first-order chi connectivity index (χ1) is 14.6. The maximum atomic E-state index is 12.8. The normalized spacial score (nSPS) is 13.3. The second-order valence-electron chi connectivity index (χ2n) is 7.22. The van der Waals surface area contributed by atoms with E-state index < -0.39 is 38.0 Å². The zero-order chi connectivity index (χ0) is 22.9. The van der Waals surface area contributed by atoms with Gasteiger partial charge >= 0.3 is 13.9 Å². The van der Waals surface area contributed by atoms with Crippen LogP contribution < -0.4 is 10.6 Å². The quantitative estimate of drug-likeness (QED) is 0.323. The standard InChI is InChI=1S/C21H27N2O7P/c1-15(2)20(30-31(26,27)28)23-19(24)18(13-16-9-5-3-6-10-16)22-21(25)29-14-17-11-7-4-8-12-17/h3-12,15,18,20H,13-14H2,1-2H3,(H,22,25)(H,23,24)(H2,26,27,28). The number of carbonyl (C=O) groups excluding carboxylic acids is 2. The van der Waals surface area contributed by atoms with E-state index in [4.69, 9.17) is 14.5 Å². The largest absolute Gasteiger partial charge is 0.471 e. The molecule has 2 amide bonds. The van der Waals surface area contributed by atoms with E-state index in [-0.39, 0.29) is 13.0 Å². The van der Waals surface area contributed by atoms with Crippen molar-refractivity contribution in [3.8, 4) is 0 Å². The van der Waals surface area contributed by atoms with E-state index in [0.717, 1.165) is 11.1 Å². The van der Waals surface area contributed by atoms with E-state index in [2.05, 4.69) is 15.2 Å². The van der Waals surface area contributed by atoms with Gasteiger partial charge in [0.05, 0.1) is 0 Å². The number of benzene rings is 2. The summed E-state index contributed by atoms with van der Waals surface area (Å²) in [7, 11) is -4.83. The molecule has 0 heterocycles. The molecular weight excluding hydrogens is 423 g/mol. The summed E-state index contributed by atoms with van der Waals surface area (Å²) in [6, 6.07) is 17.0. The Bertz CT molecular complexity index is 887.